The lowest BCUT2D eigenvalue weighted by Gasteiger charge is -2.21. The molecule has 1 aliphatic rings. The summed E-state index contributed by atoms with van der Waals surface area (Å²) in [6, 6.07) is 2.70. The summed E-state index contributed by atoms with van der Waals surface area (Å²) in [6.45, 7) is 3.45. The van der Waals surface area contributed by atoms with E-state index >= 15 is 0 Å². The van der Waals surface area contributed by atoms with Crippen molar-refractivity contribution >= 4 is 26.0 Å². The maximum absolute atomic E-state index is 12.8. The van der Waals surface area contributed by atoms with Crippen LogP contribution in [0.1, 0.15) is 12.5 Å². The molecule has 0 saturated carbocycles. The van der Waals surface area contributed by atoms with Crippen LogP contribution in [0.2, 0.25) is 0 Å². The summed E-state index contributed by atoms with van der Waals surface area (Å²) in [7, 11) is -6.24. The van der Waals surface area contributed by atoms with Crippen molar-refractivity contribution in [2.75, 3.05) is 25.2 Å². The Hall–Kier alpha value is -1.85. The van der Waals surface area contributed by atoms with Crippen molar-refractivity contribution in [1.29, 1.82) is 0 Å². The van der Waals surface area contributed by atoms with E-state index in [2.05, 4.69) is 10.0 Å². The van der Waals surface area contributed by atoms with Crippen molar-refractivity contribution in [3.8, 4) is 5.75 Å². The van der Waals surface area contributed by atoms with Crippen molar-refractivity contribution in [2.45, 2.75) is 30.8 Å². The first-order valence-corrected chi connectivity index (χ1v) is 11.2. The van der Waals surface area contributed by atoms with E-state index in [0.717, 1.165) is 0 Å². The Bertz CT molecular complexity index is 881. The molecule has 2 atom stereocenters. The predicted molar refractivity (Wildman–Crippen MR) is 94.4 cm³/mol. The first-order chi connectivity index (χ1) is 12.1. The van der Waals surface area contributed by atoms with Crippen LogP contribution in [0.25, 0.3) is 0 Å². The smallest absolute Gasteiger partial charge is 0.407 e. The molecular formula is C15H22N2O7S2. The van der Waals surface area contributed by atoms with Crippen molar-refractivity contribution < 1.29 is 31.1 Å². The number of alkyl carbamates (subject to hydrolysis) is 1. The third-order valence-electron chi connectivity index (χ3n) is 3.85. The number of methoxy groups -OCH3 is 1. The summed E-state index contributed by atoms with van der Waals surface area (Å²) in [5.41, 5.74) is 0.700. The van der Waals surface area contributed by atoms with Gasteiger partial charge in [-0.05, 0) is 31.5 Å². The van der Waals surface area contributed by atoms with Crippen LogP contribution in [0.15, 0.2) is 23.1 Å². The fourth-order valence-corrected chi connectivity index (χ4v) is 6.18. The minimum atomic E-state index is -4.07. The van der Waals surface area contributed by atoms with E-state index in [9.17, 15) is 21.6 Å². The number of carbonyl (C=O) groups is 1. The van der Waals surface area contributed by atoms with Gasteiger partial charge in [0.2, 0.25) is 10.0 Å². The van der Waals surface area contributed by atoms with Crippen molar-refractivity contribution in [2.24, 2.45) is 0 Å². The first kappa shape index (κ1) is 20.5. The van der Waals surface area contributed by atoms with Crippen LogP contribution in [-0.4, -0.2) is 60.2 Å². The monoisotopic (exact) mass is 406 g/mol. The number of rotatable bonds is 6. The zero-order chi connectivity index (χ0) is 19.5. The fraction of sp³-hybridized carbons (Fsp3) is 0.533. The van der Waals surface area contributed by atoms with Gasteiger partial charge in [-0.15, -0.1) is 0 Å². The molecule has 1 aliphatic heterocycles. The zero-order valence-corrected chi connectivity index (χ0v) is 16.3. The van der Waals surface area contributed by atoms with Gasteiger partial charge in [-0.1, -0.05) is 6.07 Å². The summed E-state index contributed by atoms with van der Waals surface area (Å²) in [4.78, 5) is 11.5. The van der Waals surface area contributed by atoms with E-state index < -0.39 is 43.8 Å². The third kappa shape index (κ3) is 4.86. The molecule has 0 bridgehead atoms. The standard InChI is InChI=1S/C15H22N2O7S2/c1-4-24-15(18)16-11-8-25(19,20)9-12(11)17-26(21,22)14-7-10(2)5-6-13(14)23-3/h5-7,11-12,17H,4,8-9H2,1-3H3,(H,16,18)/t11-,12-/m0/s1. The number of sulfonamides is 1. The maximum Gasteiger partial charge on any atom is 0.407 e. The number of hydrogen-bond acceptors (Lipinski definition) is 7. The maximum atomic E-state index is 12.8. The molecule has 1 aromatic carbocycles. The number of sulfone groups is 1. The molecule has 2 rings (SSSR count). The highest BCUT2D eigenvalue weighted by Gasteiger charge is 2.41. The minimum absolute atomic E-state index is 0.0980. The largest absolute Gasteiger partial charge is 0.495 e. The fourth-order valence-electron chi connectivity index (χ4n) is 2.69. The lowest BCUT2D eigenvalue weighted by Crippen LogP contribution is -2.51. The van der Waals surface area contributed by atoms with Gasteiger partial charge in [0.25, 0.3) is 0 Å². The van der Waals surface area contributed by atoms with Crippen LogP contribution >= 0.6 is 0 Å². The van der Waals surface area contributed by atoms with Crippen LogP contribution in [0.4, 0.5) is 4.79 Å². The van der Waals surface area contributed by atoms with Crippen molar-refractivity contribution in [3.63, 3.8) is 0 Å². The van der Waals surface area contributed by atoms with Gasteiger partial charge >= 0.3 is 6.09 Å². The van der Waals surface area contributed by atoms with Crippen molar-refractivity contribution in [1.82, 2.24) is 10.0 Å². The molecule has 0 aromatic heterocycles. The molecule has 1 amide bonds. The van der Waals surface area contributed by atoms with Gasteiger partial charge in [0.15, 0.2) is 9.84 Å². The van der Waals surface area contributed by atoms with E-state index in [0.29, 0.717) is 5.56 Å². The lowest BCUT2D eigenvalue weighted by molar-refractivity contribution is 0.148. The molecule has 1 saturated heterocycles. The Kier molecular flexibility index (Phi) is 6.14. The first-order valence-electron chi connectivity index (χ1n) is 7.88. The molecule has 2 N–H and O–H groups in total. The average molecular weight is 406 g/mol. The van der Waals surface area contributed by atoms with E-state index in [-0.39, 0.29) is 23.0 Å². The van der Waals surface area contributed by atoms with Crippen LogP contribution in [-0.2, 0) is 24.6 Å². The number of carbonyl (C=O) groups excluding carboxylic acids is 1. The van der Waals surface area contributed by atoms with Gasteiger partial charge in [0, 0.05) is 0 Å². The van der Waals surface area contributed by atoms with Gasteiger partial charge < -0.3 is 14.8 Å². The Morgan fingerprint density at radius 2 is 1.92 bits per heavy atom. The molecule has 11 heteroatoms. The third-order valence-corrected chi connectivity index (χ3v) is 7.09. The van der Waals surface area contributed by atoms with Gasteiger partial charge in [0.05, 0.1) is 37.3 Å². The van der Waals surface area contributed by atoms with Crippen LogP contribution in [0.3, 0.4) is 0 Å². The second-order valence-electron chi connectivity index (χ2n) is 5.93. The van der Waals surface area contributed by atoms with E-state index in [4.69, 9.17) is 9.47 Å². The SMILES string of the molecule is CCOC(=O)N[C@H]1CS(=O)(=O)C[C@@H]1NS(=O)(=O)c1cc(C)ccc1OC. The number of amides is 1. The van der Waals surface area contributed by atoms with Gasteiger partial charge in [-0.25, -0.2) is 26.4 Å². The Morgan fingerprint density at radius 1 is 1.27 bits per heavy atom. The zero-order valence-electron chi connectivity index (χ0n) is 14.7. The van der Waals surface area contributed by atoms with E-state index in [1.165, 1.54) is 19.2 Å². The molecule has 146 valence electrons. The molecule has 1 fully saturated rings. The normalized spacial score (nSPS) is 22.0. The molecule has 0 unspecified atom stereocenters. The minimum Gasteiger partial charge on any atom is -0.495 e. The molecule has 0 aliphatic carbocycles. The summed E-state index contributed by atoms with van der Waals surface area (Å²) >= 11 is 0. The molecule has 0 spiro atoms. The summed E-state index contributed by atoms with van der Waals surface area (Å²) in [5, 5.41) is 2.40. The second-order valence-corrected chi connectivity index (χ2v) is 9.77. The number of aryl methyl sites for hydroxylation is 1. The Morgan fingerprint density at radius 3 is 2.54 bits per heavy atom. The Labute approximate surface area is 153 Å². The molecule has 9 nitrogen and oxygen atoms in total. The quantitative estimate of drug-likeness (QED) is 0.690. The summed E-state index contributed by atoms with van der Waals surface area (Å²) in [5.74, 6) is -0.652. The van der Waals surface area contributed by atoms with Crippen LogP contribution < -0.4 is 14.8 Å². The van der Waals surface area contributed by atoms with Gasteiger partial charge in [-0.3, -0.25) is 0 Å². The van der Waals surface area contributed by atoms with Crippen molar-refractivity contribution in [3.05, 3.63) is 23.8 Å². The molecule has 0 radical (unpaired) electrons. The van der Waals surface area contributed by atoms with Crippen LogP contribution in [0.5, 0.6) is 5.75 Å². The number of ether oxygens (including phenoxy) is 2. The Balaban J connectivity index is 2.28. The molecule has 1 heterocycles. The topological polar surface area (TPSA) is 128 Å². The van der Waals surface area contributed by atoms with Gasteiger partial charge in [-0.2, -0.15) is 0 Å². The highest BCUT2D eigenvalue weighted by Crippen LogP contribution is 2.26. The lowest BCUT2D eigenvalue weighted by atomic mass is 10.2. The average Bonchev–Trinajstić information content (AvgIpc) is 2.80. The van der Waals surface area contributed by atoms with E-state index in [1.54, 1.807) is 19.9 Å². The highest BCUT2D eigenvalue weighted by molar-refractivity contribution is 7.92. The summed E-state index contributed by atoms with van der Waals surface area (Å²) < 4.78 is 61.6. The highest BCUT2D eigenvalue weighted by atomic mass is 32.2. The van der Waals surface area contributed by atoms with Gasteiger partial charge in [0.1, 0.15) is 10.6 Å². The second kappa shape index (κ2) is 7.80. The van der Waals surface area contributed by atoms with E-state index in [1.807, 2.05) is 0 Å². The molecule has 26 heavy (non-hydrogen) atoms. The predicted octanol–water partition coefficient (Wildman–Crippen LogP) is 0.194. The number of hydrogen-bond donors (Lipinski definition) is 2. The molecule has 1 aromatic rings. The van der Waals surface area contributed by atoms with Crippen LogP contribution in [0, 0.1) is 6.92 Å². The number of nitrogens with one attached hydrogen (secondary N) is 2. The number of benzene rings is 1. The summed E-state index contributed by atoms with van der Waals surface area (Å²) in [6.07, 6.45) is -0.799. The molecular weight excluding hydrogens is 384 g/mol.